The molecule has 5 aromatic carbocycles. The molecule has 182 valence electrons. The molecule has 5 aromatic rings. The minimum atomic E-state index is -0.544. The Labute approximate surface area is 226 Å². The van der Waals surface area contributed by atoms with Crippen LogP contribution >= 0.6 is 23.4 Å². The quantitative estimate of drug-likeness (QED) is 0.150. The highest BCUT2D eigenvalue weighted by Gasteiger charge is 2.29. The highest BCUT2D eigenvalue weighted by molar-refractivity contribution is 7.99. The first-order valence-corrected chi connectivity index (χ1v) is 13.8. The monoisotopic (exact) mass is 545 g/mol. The maximum Gasteiger partial charge on any atom is 0.195 e. The largest absolute Gasteiger partial charge is 0.289 e. The van der Waals surface area contributed by atoms with E-state index in [2.05, 4.69) is 0 Å². The molecule has 5 rings (SSSR count). The van der Waals surface area contributed by atoms with Crippen molar-refractivity contribution in [3.8, 4) is 0 Å². The summed E-state index contributed by atoms with van der Waals surface area (Å²) in [5.41, 5.74) is 1.05. The maximum absolute atomic E-state index is 13.6. The number of halogens is 3. The summed E-state index contributed by atoms with van der Waals surface area (Å²) in [7, 11) is -0.544. The van der Waals surface area contributed by atoms with E-state index < -0.39 is 10.9 Å². The summed E-state index contributed by atoms with van der Waals surface area (Å²) in [4.78, 5) is 17.8. The molecular weight excluding hydrogens is 526 g/mol. The fraction of sp³-hybridized carbons (Fsp3) is 0. The molecule has 0 aliphatic heterocycles. The summed E-state index contributed by atoms with van der Waals surface area (Å²) in [5.74, 6) is -0.736. The second-order valence-corrected chi connectivity index (χ2v) is 11.6. The zero-order chi connectivity index (χ0) is 25.8. The van der Waals surface area contributed by atoms with Crippen LogP contribution in [0.3, 0.4) is 0 Å². The fourth-order valence-electron chi connectivity index (χ4n) is 3.86. The first-order chi connectivity index (χ1) is 18.0. The van der Waals surface area contributed by atoms with Gasteiger partial charge in [0.2, 0.25) is 0 Å². The van der Waals surface area contributed by atoms with Gasteiger partial charge in [-0.05, 0) is 84.9 Å². The lowest BCUT2D eigenvalue weighted by Gasteiger charge is -2.12. The topological polar surface area (TPSA) is 17.1 Å². The van der Waals surface area contributed by atoms with Crippen molar-refractivity contribution in [3.63, 3.8) is 0 Å². The van der Waals surface area contributed by atoms with E-state index in [1.54, 1.807) is 42.5 Å². The molecule has 0 aromatic heterocycles. The minimum Gasteiger partial charge on any atom is -0.289 e. The van der Waals surface area contributed by atoms with Gasteiger partial charge in [0, 0.05) is 15.4 Å². The second-order valence-electron chi connectivity index (χ2n) is 8.10. The van der Waals surface area contributed by atoms with E-state index in [0.717, 1.165) is 24.5 Å². The molecule has 0 saturated heterocycles. The van der Waals surface area contributed by atoms with Gasteiger partial charge in [0.05, 0.1) is 21.5 Å². The number of ketones is 1. The summed E-state index contributed by atoms with van der Waals surface area (Å²) >= 11 is 7.94. The molecule has 0 atom stereocenters. The van der Waals surface area contributed by atoms with Crippen LogP contribution in [0.5, 0.6) is 0 Å². The Morgan fingerprint density at radius 3 is 1.68 bits per heavy atom. The van der Waals surface area contributed by atoms with Crippen LogP contribution in [0, 0.1) is 11.6 Å². The van der Waals surface area contributed by atoms with Gasteiger partial charge in [0.1, 0.15) is 11.6 Å². The second kappa shape index (κ2) is 11.3. The Bertz CT molecular complexity index is 1480. The molecular formula is C31H20ClF2OS2+. The van der Waals surface area contributed by atoms with Gasteiger partial charge in [-0.2, -0.15) is 0 Å². The predicted octanol–water partition coefficient (Wildman–Crippen LogP) is 9.10. The molecule has 37 heavy (non-hydrogen) atoms. The van der Waals surface area contributed by atoms with E-state index in [9.17, 15) is 13.6 Å². The molecule has 0 amide bonds. The van der Waals surface area contributed by atoms with Crippen molar-refractivity contribution in [1.29, 1.82) is 0 Å². The van der Waals surface area contributed by atoms with Crippen molar-refractivity contribution >= 4 is 40.0 Å². The smallest absolute Gasteiger partial charge is 0.195 e. The average molecular weight is 546 g/mol. The van der Waals surface area contributed by atoms with Gasteiger partial charge in [-0.25, -0.2) is 8.78 Å². The summed E-state index contributed by atoms with van der Waals surface area (Å²) < 4.78 is 27.2. The first-order valence-electron chi connectivity index (χ1n) is 11.4. The van der Waals surface area contributed by atoms with Crippen molar-refractivity contribution in [2.75, 3.05) is 0 Å². The maximum atomic E-state index is 13.6. The molecule has 0 heterocycles. The van der Waals surface area contributed by atoms with Crippen LogP contribution in [-0.2, 0) is 10.9 Å². The molecule has 0 aliphatic rings. The van der Waals surface area contributed by atoms with Gasteiger partial charge < -0.3 is 0 Å². The van der Waals surface area contributed by atoms with E-state index in [-0.39, 0.29) is 17.4 Å². The van der Waals surface area contributed by atoms with Crippen molar-refractivity contribution in [2.45, 2.75) is 24.5 Å². The van der Waals surface area contributed by atoms with Crippen molar-refractivity contribution < 1.29 is 13.6 Å². The van der Waals surface area contributed by atoms with Crippen molar-refractivity contribution in [2.24, 2.45) is 0 Å². The van der Waals surface area contributed by atoms with E-state index in [1.165, 1.54) is 36.0 Å². The zero-order valence-electron chi connectivity index (χ0n) is 19.4. The van der Waals surface area contributed by atoms with Gasteiger partial charge in [-0.3, -0.25) is 4.79 Å². The third-order valence-electron chi connectivity index (χ3n) is 5.62. The fourth-order valence-corrected chi connectivity index (χ4v) is 7.20. The summed E-state index contributed by atoms with van der Waals surface area (Å²) in [6, 6.07) is 35.3. The molecule has 0 spiro atoms. The lowest BCUT2D eigenvalue weighted by molar-refractivity contribution is 0.103. The highest BCUT2D eigenvalue weighted by Crippen LogP contribution is 2.37. The third kappa shape index (κ3) is 5.80. The van der Waals surface area contributed by atoms with Gasteiger partial charge in [-0.1, -0.05) is 59.8 Å². The predicted molar refractivity (Wildman–Crippen MR) is 147 cm³/mol. The Morgan fingerprint density at radius 2 is 1.14 bits per heavy atom. The van der Waals surface area contributed by atoms with Crippen molar-refractivity contribution in [1.82, 2.24) is 0 Å². The SMILES string of the molecule is O=C(c1ccccc1)c1c(Cl)cccc1Sc1ccc([S+](c2ccc(F)cc2)c2ccc(F)cc2)cc1. The van der Waals surface area contributed by atoms with E-state index in [0.29, 0.717) is 16.1 Å². The minimum absolute atomic E-state index is 0.125. The van der Waals surface area contributed by atoms with Gasteiger partial charge in [-0.15, -0.1) is 0 Å². The number of hydrogen-bond acceptors (Lipinski definition) is 2. The number of benzene rings is 5. The van der Waals surface area contributed by atoms with E-state index in [1.807, 2.05) is 54.6 Å². The van der Waals surface area contributed by atoms with Crippen LogP contribution in [0.1, 0.15) is 15.9 Å². The summed E-state index contributed by atoms with van der Waals surface area (Å²) in [5, 5.41) is 0.407. The lowest BCUT2D eigenvalue weighted by atomic mass is 10.0. The Kier molecular flexibility index (Phi) is 7.75. The standard InChI is InChI=1S/C31H20ClF2OS2/c32-28-7-4-8-29(30(28)31(35)21-5-2-1-3-6-21)36-24-13-19-27(20-14-24)37(25-15-9-22(33)10-16-25)26-17-11-23(34)12-18-26/h1-20H/q+1. The van der Waals surface area contributed by atoms with Crippen LogP contribution in [0.4, 0.5) is 8.78 Å². The molecule has 0 radical (unpaired) electrons. The molecule has 0 N–H and O–H groups in total. The number of hydrogen-bond donors (Lipinski definition) is 0. The third-order valence-corrected chi connectivity index (χ3v) is 9.24. The van der Waals surface area contributed by atoms with E-state index in [4.69, 9.17) is 11.6 Å². The normalized spacial score (nSPS) is 11.0. The van der Waals surface area contributed by atoms with Gasteiger partial charge in [0.25, 0.3) is 0 Å². The Balaban J connectivity index is 1.47. The van der Waals surface area contributed by atoms with Crippen LogP contribution in [0.25, 0.3) is 0 Å². The highest BCUT2D eigenvalue weighted by atomic mass is 35.5. The zero-order valence-corrected chi connectivity index (χ0v) is 21.8. The van der Waals surface area contributed by atoms with Crippen LogP contribution in [0.2, 0.25) is 5.02 Å². The van der Waals surface area contributed by atoms with Crippen LogP contribution in [-0.4, -0.2) is 5.78 Å². The average Bonchev–Trinajstić information content (AvgIpc) is 2.92. The van der Waals surface area contributed by atoms with Gasteiger partial charge in [0.15, 0.2) is 20.5 Å². The van der Waals surface area contributed by atoms with Gasteiger partial charge >= 0.3 is 0 Å². The molecule has 6 heteroatoms. The molecule has 0 bridgehead atoms. The number of carbonyl (C=O) groups excluding carboxylic acids is 1. The number of rotatable bonds is 7. The number of carbonyl (C=O) groups is 1. The summed E-state index contributed by atoms with van der Waals surface area (Å²) in [6.45, 7) is 0. The van der Waals surface area contributed by atoms with Crippen LogP contribution in [0.15, 0.2) is 146 Å². The van der Waals surface area contributed by atoms with Crippen molar-refractivity contribution in [3.05, 3.63) is 149 Å². The lowest BCUT2D eigenvalue weighted by Crippen LogP contribution is -2.05. The Hall–Kier alpha value is -3.38. The molecule has 0 fully saturated rings. The molecule has 1 nitrogen and oxygen atoms in total. The van der Waals surface area contributed by atoms with E-state index >= 15 is 0 Å². The first kappa shape index (κ1) is 25.3. The molecule has 0 unspecified atom stereocenters. The molecule has 0 saturated carbocycles. The van der Waals surface area contributed by atoms with Crippen LogP contribution < -0.4 is 0 Å². The Morgan fingerprint density at radius 1 is 0.622 bits per heavy atom. The molecule has 0 aliphatic carbocycles. The summed E-state index contributed by atoms with van der Waals surface area (Å²) in [6.07, 6.45) is 0.